The molecule has 0 bridgehead atoms. The van der Waals surface area contributed by atoms with E-state index in [4.69, 9.17) is 0 Å². The van der Waals surface area contributed by atoms with Gasteiger partial charge < -0.3 is 5.32 Å². The zero-order chi connectivity index (χ0) is 12.6. The van der Waals surface area contributed by atoms with E-state index in [9.17, 15) is 21.6 Å². The average molecular weight is 260 g/mol. The van der Waals surface area contributed by atoms with Gasteiger partial charge in [0.15, 0.2) is 0 Å². The largest absolute Gasteiger partial charge is 0.394 e. The molecule has 0 aromatic carbocycles. The molecule has 2 atom stereocenters. The molecule has 0 saturated carbocycles. The van der Waals surface area contributed by atoms with E-state index in [1.165, 1.54) is 13.8 Å². The van der Waals surface area contributed by atoms with Crippen LogP contribution in [0.1, 0.15) is 13.8 Å². The Kier molecular flexibility index (Phi) is 3.86. The van der Waals surface area contributed by atoms with Crippen LogP contribution in [0.15, 0.2) is 0 Å². The van der Waals surface area contributed by atoms with Crippen molar-refractivity contribution in [1.82, 2.24) is 10.0 Å². The molecule has 8 heteroatoms. The van der Waals surface area contributed by atoms with Crippen molar-refractivity contribution < 1.29 is 21.6 Å². The molecule has 1 heterocycles. The van der Waals surface area contributed by atoms with E-state index >= 15 is 0 Å². The van der Waals surface area contributed by atoms with E-state index in [0.29, 0.717) is 0 Å². The van der Waals surface area contributed by atoms with Crippen LogP contribution < -0.4 is 10.0 Å². The molecule has 0 aromatic rings. The molecule has 0 aliphatic carbocycles. The Morgan fingerprint density at radius 3 is 2.31 bits per heavy atom. The van der Waals surface area contributed by atoms with E-state index in [0.717, 1.165) is 0 Å². The van der Waals surface area contributed by atoms with Gasteiger partial charge in [-0.3, -0.25) is 0 Å². The van der Waals surface area contributed by atoms with Gasteiger partial charge in [-0.25, -0.2) is 13.1 Å². The molecule has 0 radical (unpaired) electrons. The molecule has 1 fully saturated rings. The lowest BCUT2D eigenvalue weighted by Gasteiger charge is -2.23. The lowest BCUT2D eigenvalue weighted by atomic mass is 10.0. The fraction of sp³-hybridized carbons (Fsp3) is 1.00. The van der Waals surface area contributed by atoms with E-state index in [1.54, 1.807) is 0 Å². The number of hydrogen-bond acceptors (Lipinski definition) is 3. The van der Waals surface area contributed by atoms with Crippen molar-refractivity contribution in [2.75, 3.05) is 13.1 Å². The minimum Gasteiger partial charge on any atom is -0.314 e. The van der Waals surface area contributed by atoms with Gasteiger partial charge in [0, 0.05) is 19.1 Å². The molecule has 96 valence electrons. The fourth-order valence-electron chi connectivity index (χ4n) is 1.49. The fourth-order valence-corrected chi connectivity index (χ4v) is 2.44. The summed E-state index contributed by atoms with van der Waals surface area (Å²) < 4.78 is 62.5. The predicted octanol–water partition coefficient (Wildman–Crippen LogP) is 0.464. The van der Waals surface area contributed by atoms with Gasteiger partial charge in [-0.1, -0.05) is 0 Å². The number of nitrogens with one attached hydrogen (secondary N) is 2. The van der Waals surface area contributed by atoms with Crippen LogP contribution >= 0.6 is 0 Å². The molecule has 4 nitrogen and oxygen atoms in total. The maximum absolute atomic E-state index is 12.5. The molecule has 0 spiro atoms. The first-order valence-electron chi connectivity index (χ1n) is 4.93. The van der Waals surface area contributed by atoms with Gasteiger partial charge in [-0.15, -0.1) is 0 Å². The summed E-state index contributed by atoms with van der Waals surface area (Å²) in [7, 11) is -3.66. The van der Waals surface area contributed by atoms with Gasteiger partial charge in [0.2, 0.25) is 10.0 Å². The zero-order valence-corrected chi connectivity index (χ0v) is 9.82. The summed E-state index contributed by atoms with van der Waals surface area (Å²) in [5.41, 5.74) is 0. The maximum atomic E-state index is 12.5. The summed E-state index contributed by atoms with van der Waals surface area (Å²) in [4.78, 5) is 0. The lowest BCUT2D eigenvalue weighted by Crippen LogP contribution is -2.47. The smallest absolute Gasteiger partial charge is 0.314 e. The highest BCUT2D eigenvalue weighted by atomic mass is 32.2. The number of sulfonamides is 1. The van der Waals surface area contributed by atoms with E-state index in [1.807, 2.05) is 0 Å². The van der Waals surface area contributed by atoms with Crippen molar-refractivity contribution in [3.8, 4) is 0 Å². The van der Waals surface area contributed by atoms with Gasteiger partial charge in [-0.2, -0.15) is 13.2 Å². The molecule has 2 N–H and O–H groups in total. The molecule has 0 unspecified atom stereocenters. The highest BCUT2D eigenvalue weighted by Crippen LogP contribution is 2.31. The van der Waals surface area contributed by atoms with E-state index < -0.39 is 33.4 Å². The second-order valence-electron chi connectivity index (χ2n) is 4.12. The van der Waals surface area contributed by atoms with Gasteiger partial charge in [-0.05, 0) is 13.8 Å². The van der Waals surface area contributed by atoms with Crippen molar-refractivity contribution >= 4 is 10.0 Å². The quantitative estimate of drug-likeness (QED) is 0.775. The summed E-state index contributed by atoms with van der Waals surface area (Å²) >= 11 is 0. The SMILES string of the molecule is CC(C)S(=O)(=O)N[C@@H]1CNC[C@H]1C(F)(F)F. The highest BCUT2D eigenvalue weighted by molar-refractivity contribution is 7.90. The summed E-state index contributed by atoms with van der Waals surface area (Å²) in [5.74, 6) is -1.65. The van der Waals surface area contributed by atoms with Crippen molar-refractivity contribution in [3.63, 3.8) is 0 Å². The van der Waals surface area contributed by atoms with Gasteiger partial charge in [0.1, 0.15) is 0 Å². The Morgan fingerprint density at radius 2 is 1.88 bits per heavy atom. The molecule has 1 rings (SSSR count). The third-order valence-corrected chi connectivity index (χ3v) is 4.44. The highest BCUT2D eigenvalue weighted by Gasteiger charge is 2.48. The minimum absolute atomic E-state index is 0.0100. The number of halogens is 3. The number of rotatable bonds is 3. The topological polar surface area (TPSA) is 58.2 Å². The Labute approximate surface area is 92.6 Å². The van der Waals surface area contributed by atoms with Crippen molar-refractivity contribution in [2.45, 2.75) is 31.3 Å². The van der Waals surface area contributed by atoms with E-state index in [-0.39, 0.29) is 13.1 Å². The van der Waals surface area contributed by atoms with Crippen LogP contribution in [0.2, 0.25) is 0 Å². The molecular formula is C8H15F3N2O2S. The molecule has 1 aliphatic heterocycles. The Balaban J connectivity index is 2.75. The second-order valence-corrected chi connectivity index (χ2v) is 6.39. The van der Waals surface area contributed by atoms with Crippen LogP contribution in [0.4, 0.5) is 13.2 Å². The van der Waals surface area contributed by atoms with Crippen LogP contribution in [-0.2, 0) is 10.0 Å². The third-order valence-electron chi connectivity index (χ3n) is 2.57. The number of alkyl halides is 3. The minimum atomic E-state index is -4.38. The second kappa shape index (κ2) is 4.50. The molecule has 0 aromatic heterocycles. The number of hydrogen-bond donors (Lipinski definition) is 2. The molecule has 1 saturated heterocycles. The maximum Gasteiger partial charge on any atom is 0.394 e. The summed E-state index contributed by atoms with van der Waals surface area (Å²) in [6, 6.07) is -1.10. The van der Waals surface area contributed by atoms with Crippen molar-refractivity contribution in [1.29, 1.82) is 0 Å². The Morgan fingerprint density at radius 1 is 1.31 bits per heavy atom. The Hall–Kier alpha value is -0.340. The normalized spacial score (nSPS) is 27.6. The van der Waals surface area contributed by atoms with Gasteiger partial charge >= 0.3 is 6.18 Å². The van der Waals surface area contributed by atoms with Crippen LogP contribution in [0.3, 0.4) is 0 Å². The van der Waals surface area contributed by atoms with Gasteiger partial charge in [0.05, 0.1) is 11.2 Å². The van der Waals surface area contributed by atoms with Crippen LogP contribution in [0.25, 0.3) is 0 Å². The van der Waals surface area contributed by atoms with Crippen LogP contribution in [0.5, 0.6) is 0 Å². The first kappa shape index (κ1) is 13.7. The van der Waals surface area contributed by atoms with Gasteiger partial charge in [0.25, 0.3) is 0 Å². The monoisotopic (exact) mass is 260 g/mol. The van der Waals surface area contributed by atoms with Crippen LogP contribution in [0, 0.1) is 5.92 Å². The van der Waals surface area contributed by atoms with Crippen molar-refractivity contribution in [3.05, 3.63) is 0 Å². The van der Waals surface area contributed by atoms with Crippen molar-refractivity contribution in [2.24, 2.45) is 5.92 Å². The lowest BCUT2D eigenvalue weighted by molar-refractivity contribution is -0.172. The summed E-state index contributed by atoms with van der Waals surface area (Å²) in [6.07, 6.45) is -4.38. The molecule has 0 amide bonds. The first-order chi connectivity index (χ1) is 7.14. The Bertz CT molecular complexity index is 340. The summed E-state index contributed by atoms with van der Waals surface area (Å²) in [5, 5.41) is 1.81. The average Bonchev–Trinajstić information content (AvgIpc) is 2.49. The molecule has 16 heavy (non-hydrogen) atoms. The standard InChI is InChI=1S/C8H15F3N2O2S/c1-5(2)16(14,15)13-7-4-12-3-6(7)8(9,10)11/h5-7,12-13H,3-4H2,1-2H3/t6-,7-/m1/s1. The predicted molar refractivity (Wildman–Crippen MR) is 53.4 cm³/mol. The zero-order valence-electron chi connectivity index (χ0n) is 9.00. The van der Waals surface area contributed by atoms with E-state index in [2.05, 4.69) is 10.0 Å². The van der Waals surface area contributed by atoms with Crippen LogP contribution in [-0.4, -0.2) is 39.0 Å². The molecule has 1 aliphatic rings. The summed E-state index contributed by atoms with van der Waals surface area (Å²) in [6.45, 7) is 2.62. The first-order valence-corrected chi connectivity index (χ1v) is 6.48. The third kappa shape index (κ3) is 3.08. The molecular weight excluding hydrogens is 245 g/mol.